The van der Waals surface area contributed by atoms with E-state index in [1.807, 2.05) is 37.3 Å². The number of nitrogen functional groups attached to an aromatic ring is 1. The average molecular weight is 347 g/mol. The minimum atomic E-state index is -0.389. The molecule has 0 bridgehead atoms. The Morgan fingerprint density at radius 2 is 1.88 bits per heavy atom. The van der Waals surface area contributed by atoms with E-state index in [-0.39, 0.29) is 29.6 Å². The summed E-state index contributed by atoms with van der Waals surface area (Å²) >= 11 is 0. The fraction of sp³-hybridized carbons (Fsp3) is 0.167. The van der Waals surface area contributed by atoms with E-state index in [0.29, 0.717) is 11.4 Å². The van der Waals surface area contributed by atoms with Gasteiger partial charge in [0.15, 0.2) is 5.82 Å². The van der Waals surface area contributed by atoms with Gasteiger partial charge in [-0.15, -0.1) is 0 Å². The topological polar surface area (TPSA) is 123 Å². The van der Waals surface area contributed by atoms with Gasteiger partial charge >= 0.3 is 0 Å². The van der Waals surface area contributed by atoms with E-state index in [1.165, 1.54) is 4.57 Å². The largest absolute Gasteiger partial charge is 0.368 e. The van der Waals surface area contributed by atoms with E-state index in [1.54, 1.807) is 19.2 Å². The molecule has 0 radical (unpaired) electrons. The highest BCUT2D eigenvalue weighted by Crippen LogP contribution is 2.14. The highest BCUT2D eigenvalue weighted by Gasteiger charge is 2.10. The van der Waals surface area contributed by atoms with Crippen LogP contribution in [-0.2, 0) is 6.54 Å². The Bertz CT molecular complexity index is 1050. The third kappa shape index (κ3) is 3.67. The van der Waals surface area contributed by atoms with E-state index in [4.69, 9.17) is 11.0 Å². The standard InChI is InChI=1S/C18H17N7O/c1-11-3-5-13(6-4-11)21-18-23-15(22-17(20)24-18)10-25-8-7-12(2)14(9-19)16(25)26/h3-8H,10H2,1-2H3,(H3,20,21,22,23,24). The van der Waals surface area contributed by atoms with E-state index < -0.39 is 0 Å². The summed E-state index contributed by atoms with van der Waals surface area (Å²) in [4.78, 5) is 24.8. The quantitative estimate of drug-likeness (QED) is 0.739. The van der Waals surface area contributed by atoms with Crippen molar-refractivity contribution in [1.82, 2.24) is 19.5 Å². The lowest BCUT2D eigenvalue weighted by Gasteiger charge is -2.09. The molecule has 3 rings (SSSR count). The molecule has 3 N–H and O–H groups in total. The third-order valence-electron chi connectivity index (χ3n) is 3.80. The molecule has 0 atom stereocenters. The molecule has 0 aliphatic rings. The van der Waals surface area contributed by atoms with E-state index in [0.717, 1.165) is 11.3 Å². The normalized spacial score (nSPS) is 10.3. The second-order valence-electron chi connectivity index (χ2n) is 5.84. The van der Waals surface area contributed by atoms with Crippen molar-refractivity contribution in [2.24, 2.45) is 0 Å². The molecule has 0 saturated heterocycles. The number of benzene rings is 1. The molecule has 8 nitrogen and oxygen atoms in total. The number of nitrogens with two attached hydrogens (primary N) is 1. The number of anilines is 3. The number of pyridine rings is 1. The summed E-state index contributed by atoms with van der Waals surface area (Å²) in [5, 5.41) is 12.2. The van der Waals surface area contributed by atoms with Gasteiger partial charge in [0.2, 0.25) is 11.9 Å². The lowest BCUT2D eigenvalue weighted by molar-refractivity contribution is 0.708. The first-order valence-corrected chi connectivity index (χ1v) is 7.90. The van der Waals surface area contributed by atoms with Crippen LogP contribution in [0.4, 0.5) is 17.6 Å². The number of aryl methyl sites for hydroxylation is 2. The Balaban J connectivity index is 1.90. The van der Waals surface area contributed by atoms with Crippen molar-refractivity contribution in [2.75, 3.05) is 11.1 Å². The number of hydrogen-bond acceptors (Lipinski definition) is 7. The van der Waals surface area contributed by atoms with Gasteiger partial charge in [0, 0.05) is 11.9 Å². The Labute approximate surface area is 150 Å². The van der Waals surface area contributed by atoms with Crippen molar-refractivity contribution in [2.45, 2.75) is 20.4 Å². The van der Waals surface area contributed by atoms with E-state index in [9.17, 15) is 4.79 Å². The van der Waals surface area contributed by atoms with Crippen LogP contribution in [-0.4, -0.2) is 19.5 Å². The Hall–Kier alpha value is -3.73. The van der Waals surface area contributed by atoms with Crippen LogP contribution < -0.4 is 16.6 Å². The predicted octanol–water partition coefficient (Wildman–Crippen LogP) is 1.90. The van der Waals surface area contributed by atoms with Crippen LogP contribution in [0.15, 0.2) is 41.3 Å². The summed E-state index contributed by atoms with van der Waals surface area (Å²) in [5.74, 6) is 0.657. The lowest BCUT2D eigenvalue weighted by atomic mass is 10.2. The zero-order chi connectivity index (χ0) is 18.7. The summed E-state index contributed by atoms with van der Waals surface area (Å²) in [5.41, 5.74) is 8.06. The zero-order valence-corrected chi connectivity index (χ0v) is 14.4. The molecule has 0 aliphatic carbocycles. The molecular formula is C18H17N7O. The Kier molecular flexibility index (Phi) is 4.62. The summed E-state index contributed by atoms with van der Waals surface area (Å²) in [6.45, 7) is 3.80. The lowest BCUT2D eigenvalue weighted by Crippen LogP contribution is -2.24. The molecule has 1 aromatic carbocycles. The summed E-state index contributed by atoms with van der Waals surface area (Å²) < 4.78 is 1.37. The van der Waals surface area contributed by atoms with Crippen molar-refractivity contribution in [3.8, 4) is 6.07 Å². The van der Waals surface area contributed by atoms with Gasteiger partial charge in [0.1, 0.15) is 11.6 Å². The number of aromatic nitrogens is 4. The van der Waals surface area contributed by atoms with Crippen LogP contribution in [0.5, 0.6) is 0 Å². The molecule has 8 heteroatoms. The molecule has 0 saturated carbocycles. The molecule has 3 aromatic rings. The first-order chi connectivity index (χ1) is 12.5. The number of rotatable bonds is 4. The van der Waals surface area contributed by atoms with Gasteiger partial charge in [0.05, 0.1) is 6.54 Å². The van der Waals surface area contributed by atoms with Crippen LogP contribution in [0.25, 0.3) is 0 Å². The van der Waals surface area contributed by atoms with Crippen molar-refractivity contribution >= 4 is 17.6 Å². The summed E-state index contributed by atoms with van der Waals surface area (Å²) in [6, 6.07) is 11.4. The first-order valence-electron chi connectivity index (χ1n) is 7.90. The second kappa shape index (κ2) is 7.03. The first kappa shape index (κ1) is 17.1. The summed E-state index contributed by atoms with van der Waals surface area (Å²) in [6.07, 6.45) is 1.60. The third-order valence-corrected chi connectivity index (χ3v) is 3.80. The fourth-order valence-electron chi connectivity index (χ4n) is 2.41. The molecule has 26 heavy (non-hydrogen) atoms. The van der Waals surface area contributed by atoms with Gasteiger partial charge in [-0.1, -0.05) is 17.7 Å². The van der Waals surface area contributed by atoms with Crippen molar-refractivity contribution in [3.05, 3.63) is 69.4 Å². The highest BCUT2D eigenvalue weighted by atomic mass is 16.1. The SMILES string of the molecule is Cc1ccc(Nc2nc(N)nc(Cn3ccc(C)c(C#N)c3=O)n2)cc1. The van der Waals surface area contributed by atoms with Crippen LogP contribution >= 0.6 is 0 Å². The van der Waals surface area contributed by atoms with Gasteiger partial charge in [-0.25, -0.2) is 0 Å². The van der Waals surface area contributed by atoms with E-state index >= 15 is 0 Å². The molecule has 0 aliphatic heterocycles. The molecule has 2 aromatic heterocycles. The number of nitrogens with one attached hydrogen (secondary N) is 1. The molecule has 0 fully saturated rings. The zero-order valence-electron chi connectivity index (χ0n) is 14.4. The maximum absolute atomic E-state index is 12.3. The van der Waals surface area contributed by atoms with Crippen LogP contribution in [0.1, 0.15) is 22.5 Å². The minimum Gasteiger partial charge on any atom is -0.368 e. The Morgan fingerprint density at radius 1 is 1.15 bits per heavy atom. The van der Waals surface area contributed by atoms with E-state index in [2.05, 4.69) is 20.3 Å². The fourth-order valence-corrected chi connectivity index (χ4v) is 2.41. The molecule has 0 spiro atoms. The molecule has 0 unspecified atom stereocenters. The van der Waals surface area contributed by atoms with Crippen LogP contribution in [0.3, 0.4) is 0 Å². The minimum absolute atomic E-state index is 0.0466. The second-order valence-corrected chi connectivity index (χ2v) is 5.84. The number of nitriles is 1. The number of hydrogen-bond donors (Lipinski definition) is 2. The maximum atomic E-state index is 12.3. The van der Waals surface area contributed by atoms with Gasteiger partial charge in [-0.3, -0.25) is 4.79 Å². The van der Waals surface area contributed by atoms with Crippen LogP contribution in [0.2, 0.25) is 0 Å². The molecule has 2 heterocycles. The monoisotopic (exact) mass is 347 g/mol. The van der Waals surface area contributed by atoms with Crippen LogP contribution in [0, 0.1) is 25.2 Å². The maximum Gasteiger partial charge on any atom is 0.269 e. The van der Waals surface area contributed by atoms with Gasteiger partial charge in [0.25, 0.3) is 5.56 Å². The van der Waals surface area contributed by atoms with Crippen molar-refractivity contribution in [3.63, 3.8) is 0 Å². The van der Waals surface area contributed by atoms with Crippen molar-refractivity contribution in [1.29, 1.82) is 5.26 Å². The Morgan fingerprint density at radius 3 is 2.58 bits per heavy atom. The number of nitrogens with zero attached hydrogens (tertiary/aromatic N) is 5. The van der Waals surface area contributed by atoms with Gasteiger partial charge in [-0.2, -0.15) is 20.2 Å². The summed E-state index contributed by atoms with van der Waals surface area (Å²) in [7, 11) is 0. The van der Waals surface area contributed by atoms with Gasteiger partial charge < -0.3 is 15.6 Å². The average Bonchev–Trinajstić information content (AvgIpc) is 2.59. The van der Waals surface area contributed by atoms with Crippen molar-refractivity contribution < 1.29 is 0 Å². The highest BCUT2D eigenvalue weighted by molar-refractivity contribution is 5.54. The molecule has 0 amide bonds. The predicted molar refractivity (Wildman–Crippen MR) is 98.0 cm³/mol. The molecule has 130 valence electrons. The smallest absolute Gasteiger partial charge is 0.269 e. The molecular weight excluding hydrogens is 330 g/mol. The van der Waals surface area contributed by atoms with Gasteiger partial charge in [-0.05, 0) is 37.6 Å².